The Labute approximate surface area is 57.5 Å². The average Bonchev–Trinajstić information content (AvgIpc) is 2.19. The molecule has 0 amide bonds. The Balaban J connectivity index is 2.64. The number of aliphatic hydroxyl groups excluding tert-OH is 3. The van der Waals surface area contributed by atoms with Gasteiger partial charge in [0.2, 0.25) is 5.79 Å². The Morgan fingerprint density at radius 3 is 2.30 bits per heavy atom. The number of hydrogen-bond donors (Lipinski definition) is 4. The monoisotopic (exact) mass is 150 g/mol. The number of hydrogen-bond acceptors (Lipinski definition) is 5. The Hall–Kier alpha value is -0.200. The third kappa shape index (κ3) is 1.02. The average molecular weight is 150 g/mol. The van der Waals surface area contributed by atoms with Gasteiger partial charge >= 0.3 is 0 Å². The van der Waals surface area contributed by atoms with Crippen LogP contribution >= 0.6 is 0 Å². The van der Waals surface area contributed by atoms with Gasteiger partial charge in [0, 0.05) is 0 Å². The van der Waals surface area contributed by atoms with Gasteiger partial charge in [0.1, 0.15) is 12.2 Å². The van der Waals surface area contributed by atoms with Crippen molar-refractivity contribution in [1.29, 1.82) is 0 Å². The minimum atomic E-state index is -1.97. The van der Waals surface area contributed by atoms with Crippen molar-refractivity contribution < 1.29 is 25.2 Å². The van der Waals surface area contributed by atoms with E-state index in [-0.39, 0.29) is 6.61 Å². The molecule has 0 bridgehead atoms. The molecule has 0 radical (unpaired) electrons. The highest BCUT2D eigenvalue weighted by Gasteiger charge is 2.47. The van der Waals surface area contributed by atoms with Gasteiger partial charge in [-0.05, 0) is 0 Å². The van der Waals surface area contributed by atoms with Crippen molar-refractivity contribution in [2.24, 2.45) is 0 Å². The van der Waals surface area contributed by atoms with Crippen molar-refractivity contribution in [2.75, 3.05) is 13.2 Å². The molecule has 1 aliphatic rings. The molecule has 0 aromatic heterocycles. The first-order chi connectivity index (χ1) is 4.60. The molecular weight excluding hydrogens is 140 g/mol. The molecule has 3 atom stereocenters. The second-order valence-electron chi connectivity index (χ2n) is 2.33. The molecule has 0 aromatic rings. The van der Waals surface area contributed by atoms with E-state index in [0.717, 1.165) is 0 Å². The molecule has 0 aromatic carbocycles. The molecule has 5 nitrogen and oxygen atoms in total. The number of rotatable bonds is 1. The molecular formula is C5H10O5. The predicted molar refractivity (Wildman–Crippen MR) is 30.0 cm³/mol. The zero-order chi connectivity index (χ0) is 7.78. The molecule has 5 heteroatoms. The van der Waals surface area contributed by atoms with Crippen LogP contribution in [0.1, 0.15) is 0 Å². The first-order valence-corrected chi connectivity index (χ1v) is 2.93. The topological polar surface area (TPSA) is 90.2 Å². The maximum Gasteiger partial charge on any atom is 0.218 e. The van der Waals surface area contributed by atoms with Crippen LogP contribution in [0.5, 0.6) is 0 Å². The van der Waals surface area contributed by atoms with Crippen molar-refractivity contribution >= 4 is 0 Å². The second kappa shape index (κ2) is 2.44. The Morgan fingerprint density at radius 1 is 1.50 bits per heavy atom. The molecule has 10 heavy (non-hydrogen) atoms. The van der Waals surface area contributed by atoms with Gasteiger partial charge in [-0.15, -0.1) is 0 Å². The summed E-state index contributed by atoms with van der Waals surface area (Å²) < 4.78 is 4.52. The van der Waals surface area contributed by atoms with Gasteiger partial charge in [-0.25, -0.2) is 0 Å². The molecule has 1 heterocycles. The summed E-state index contributed by atoms with van der Waals surface area (Å²) >= 11 is 0. The first kappa shape index (κ1) is 7.90. The van der Waals surface area contributed by atoms with E-state index < -0.39 is 24.6 Å². The van der Waals surface area contributed by atoms with Gasteiger partial charge in [-0.1, -0.05) is 0 Å². The van der Waals surface area contributed by atoms with Crippen LogP contribution in [-0.4, -0.2) is 51.6 Å². The lowest BCUT2D eigenvalue weighted by atomic mass is 10.1. The lowest BCUT2D eigenvalue weighted by molar-refractivity contribution is -0.234. The summed E-state index contributed by atoms with van der Waals surface area (Å²) in [5.74, 6) is -1.97. The van der Waals surface area contributed by atoms with E-state index >= 15 is 0 Å². The largest absolute Gasteiger partial charge is 0.391 e. The summed E-state index contributed by atoms with van der Waals surface area (Å²) in [7, 11) is 0. The van der Waals surface area contributed by atoms with E-state index in [9.17, 15) is 0 Å². The highest BCUT2D eigenvalue weighted by Crippen LogP contribution is 2.22. The normalized spacial score (nSPS) is 48.0. The lowest BCUT2D eigenvalue weighted by Gasteiger charge is -2.22. The highest BCUT2D eigenvalue weighted by molar-refractivity contribution is 4.88. The van der Waals surface area contributed by atoms with Crippen LogP contribution in [0.15, 0.2) is 0 Å². The summed E-state index contributed by atoms with van der Waals surface area (Å²) in [4.78, 5) is 0. The van der Waals surface area contributed by atoms with Gasteiger partial charge in [-0.3, -0.25) is 0 Å². The summed E-state index contributed by atoms with van der Waals surface area (Å²) in [6, 6.07) is 0. The van der Waals surface area contributed by atoms with Gasteiger partial charge in [0.15, 0.2) is 0 Å². The summed E-state index contributed by atoms with van der Waals surface area (Å²) in [6.45, 7) is -0.872. The zero-order valence-corrected chi connectivity index (χ0v) is 5.27. The minimum Gasteiger partial charge on any atom is -0.391 e. The standard InChI is InChI=1S/C5H10O5/c6-2-5(9)4(8)3(7)1-10-5/h3-4,6-9H,1-2H2/t3-,4-,5?/m0/s1. The van der Waals surface area contributed by atoms with Crippen molar-refractivity contribution in [3.05, 3.63) is 0 Å². The van der Waals surface area contributed by atoms with Crippen molar-refractivity contribution in [1.82, 2.24) is 0 Å². The number of aliphatic hydroxyl groups is 4. The lowest BCUT2D eigenvalue weighted by Crippen LogP contribution is -2.46. The molecule has 4 N–H and O–H groups in total. The Bertz CT molecular complexity index is 127. The molecule has 0 aliphatic carbocycles. The van der Waals surface area contributed by atoms with Gasteiger partial charge in [0.25, 0.3) is 0 Å². The van der Waals surface area contributed by atoms with E-state index in [4.69, 9.17) is 20.4 Å². The van der Waals surface area contributed by atoms with Crippen molar-refractivity contribution in [3.63, 3.8) is 0 Å². The van der Waals surface area contributed by atoms with E-state index in [1.54, 1.807) is 0 Å². The molecule has 0 spiro atoms. The molecule has 1 rings (SSSR count). The number of ether oxygens (including phenoxy) is 1. The smallest absolute Gasteiger partial charge is 0.218 e. The molecule has 0 saturated carbocycles. The van der Waals surface area contributed by atoms with Crippen LogP contribution in [0.3, 0.4) is 0 Å². The minimum absolute atomic E-state index is 0.155. The quantitative estimate of drug-likeness (QED) is 0.329. The van der Waals surface area contributed by atoms with E-state index in [1.165, 1.54) is 0 Å². The van der Waals surface area contributed by atoms with Gasteiger partial charge < -0.3 is 25.2 Å². The second-order valence-corrected chi connectivity index (χ2v) is 2.33. The summed E-state index contributed by atoms with van der Waals surface area (Å²) in [5.41, 5.74) is 0. The fraction of sp³-hybridized carbons (Fsp3) is 1.00. The first-order valence-electron chi connectivity index (χ1n) is 2.93. The SMILES string of the molecule is OCC1(O)OC[C@H](O)[C@@H]1O. The van der Waals surface area contributed by atoms with Crippen molar-refractivity contribution in [3.8, 4) is 0 Å². The van der Waals surface area contributed by atoms with Gasteiger partial charge in [0.05, 0.1) is 13.2 Å². The van der Waals surface area contributed by atoms with E-state index in [1.807, 2.05) is 0 Å². The fourth-order valence-corrected chi connectivity index (χ4v) is 0.846. The van der Waals surface area contributed by atoms with Crippen LogP contribution in [0.2, 0.25) is 0 Å². The molecule has 1 aliphatic heterocycles. The van der Waals surface area contributed by atoms with E-state index in [2.05, 4.69) is 4.74 Å². The van der Waals surface area contributed by atoms with Crippen LogP contribution in [0.4, 0.5) is 0 Å². The maximum absolute atomic E-state index is 9.06. The third-order valence-electron chi connectivity index (χ3n) is 1.56. The van der Waals surface area contributed by atoms with Crippen LogP contribution in [0, 0.1) is 0 Å². The van der Waals surface area contributed by atoms with Crippen LogP contribution in [-0.2, 0) is 4.74 Å². The molecule has 1 saturated heterocycles. The molecule has 60 valence electrons. The fourth-order valence-electron chi connectivity index (χ4n) is 0.846. The van der Waals surface area contributed by atoms with Crippen LogP contribution < -0.4 is 0 Å². The highest BCUT2D eigenvalue weighted by atomic mass is 16.7. The summed E-state index contributed by atoms with van der Waals surface area (Å²) in [6.07, 6.45) is -2.53. The molecule has 1 fully saturated rings. The maximum atomic E-state index is 9.06. The Morgan fingerprint density at radius 2 is 2.10 bits per heavy atom. The van der Waals surface area contributed by atoms with E-state index in [0.29, 0.717) is 0 Å². The molecule has 1 unspecified atom stereocenters. The van der Waals surface area contributed by atoms with Crippen molar-refractivity contribution in [2.45, 2.75) is 18.0 Å². The van der Waals surface area contributed by atoms with Crippen LogP contribution in [0.25, 0.3) is 0 Å². The zero-order valence-electron chi connectivity index (χ0n) is 5.27. The third-order valence-corrected chi connectivity index (χ3v) is 1.56. The Kier molecular flexibility index (Phi) is 1.93. The predicted octanol–water partition coefficient (Wildman–Crippen LogP) is -2.58. The van der Waals surface area contributed by atoms with Gasteiger partial charge in [-0.2, -0.15) is 0 Å². The summed E-state index contributed by atoms with van der Waals surface area (Å²) in [5, 5.41) is 35.3.